The van der Waals surface area contributed by atoms with Gasteiger partial charge in [0.05, 0.1) is 36.3 Å². The SMILES string of the molecule is Cc1c2ccc(-c3cn4ccnc4c(Nc4ccc(N5CCOCC5)nc4)n3)cc2nn1C. The lowest BCUT2D eigenvalue weighted by Crippen LogP contribution is -2.36. The molecule has 1 aromatic carbocycles. The van der Waals surface area contributed by atoms with Crippen LogP contribution in [0.1, 0.15) is 5.69 Å². The number of aryl methyl sites for hydroxylation is 2. The lowest BCUT2D eigenvalue weighted by atomic mass is 10.1. The van der Waals surface area contributed by atoms with Crippen LogP contribution in [0.15, 0.2) is 55.1 Å². The quantitative estimate of drug-likeness (QED) is 0.457. The molecule has 1 N–H and O–H groups in total. The molecule has 9 nitrogen and oxygen atoms in total. The number of fused-ring (bicyclic) bond motifs is 2. The van der Waals surface area contributed by atoms with E-state index in [1.165, 1.54) is 0 Å². The first kappa shape index (κ1) is 19.7. The molecular weight excluding hydrogens is 416 g/mol. The van der Waals surface area contributed by atoms with Crippen LogP contribution < -0.4 is 10.2 Å². The van der Waals surface area contributed by atoms with Crippen molar-refractivity contribution in [1.29, 1.82) is 0 Å². The van der Waals surface area contributed by atoms with Crippen LogP contribution in [0, 0.1) is 6.92 Å². The third kappa shape index (κ3) is 3.56. The Hall–Kier alpha value is -3.98. The Balaban J connectivity index is 1.34. The zero-order chi connectivity index (χ0) is 22.4. The Morgan fingerprint density at radius 2 is 1.94 bits per heavy atom. The first-order valence-corrected chi connectivity index (χ1v) is 11.0. The minimum atomic E-state index is 0.677. The van der Waals surface area contributed by atoms with Gasteiger partial charge in [0, 0.05) is 55.4 Å². The molecule has 1 aliphatic rings. The predicted octanol–water partition coefficient (Wildman–Crippen LogP) is 3.57. The summed E-state index contributed by atoms with van der Waals surface area (Å²) in [6.07, 6.45) is 7.53. The molecule has 9 heteroatoms. The number of rotatable bonds is 4. The number of nitrogens with zero attached hydrogens (tertiary/aromatic N) is 7. The highest BCUT2D eigenvalue weighted by molar-refractivity contribution is 5.86. The van der Waals surface area contributed by atoms with Gasteiger partial charge in [0.15, 0.2) is 11.5 Å². The molecule has 1 fully saturated rings. The lowest BCUT2D eigenvalue weighted by molar-refractivity contribution is 0.122. The molecule has 0 spiro atoms. The Morgan fingerprint density at radius 3 is 2.76 bits per heavy atom. The van der Waals surface area contributed by atoms with Gasteiger partial charge in [0.2, 0.25) is 0 Å². The number of morpholine rings is 1. The fraction of sp³-hybridized carbons (Fsp3) is 0.250. The van der Waals surface area contributed by atoms with Crippen molar-refractivity contribution < 1.29 is 4.74 Å². The second kappa shape index (κ2) is 7.86. The molecular formula is C24H24N8O. The molecule has 33 heavy (non-hydrogen) atoms. The van der Waals surface area contributed by atoms with Crippen LogP contribution in [-0.2, 0) is 11.8 Å². The molecule has 0 bridgehead atoms. The third-order valence-corrected chi connectivity index (χ3v) is 6.15. The molecule has 0 amide bonds. The largest absolute Gasteiger partial charge is 0.378 e. The molecule has 1 aliphatic heterocycles. The van der Waals surface area contributed by atoms with Crippen LogP contribution in [0.3, 0.4) is 0 Å². The van der Waals surface area contributed by atoms with Gasteiger partial charge in [-0.15, -0.1) is 0 Å². The summed E-state index contributed by atoms with van der Waals surface area (Å²) in [5.74, 6) is 1.63. The Bertz CT molecular complexity index is 1450. The maximum absolute atomic E-state index is 5.43. The molecule has 0 radical (unpaired) electrons. The standard InChI is InChI=1S/C24H24N8O/c1-16-19-5-3-17(13-20(19)29-30(16)2)21-15-32-8-7-25-24(32)23(28-21)27-18-4-6-22(26-14-18)31-9-11-33-12-10-31/h3-8,13-15H,9-12H2,1-2H3,(H,27,28). The van der Waals surface area contributed by atoms with E-state index in [1.807, 2.05) is 46.9 Å². The van der Waals surface area contributed by atoms with E-state index in [-0.39, 0.29) is 0 Å². The van der Waals surface area contributed by atoms with Gasteiger partial charge in [-0.25, -0.2) is 15.0 Å². The van der Waals surface area contributed by atoms with Crippen LogP contribution in [-0.4, -0.2) is 55.4 Å². The number of benzene rings is 1. The number of aromatic nitrogens is 6. The number of pyridine rings is 1. The predicted molar refractivity (Wildman–Crippen MR) is 128 cm³/mol. The van der Waals surface area contributed by atoms with Gasteiger partial charge in [-0.1, -0.05) is 12.1 Å². The fourth-order valence-corrected chi connectivity index (χ4v) is 4.22. The van der Waals surface area contributed by atoms with Crippen molar-refractivity contribution in [3.05, 3.63) is 60.8 Å². The van der Waals surface area contributed by atoms with Crippen LogP contribution in [0.5, 0.6) is 0 Å². The maximum Gasteiger partial charge on any atom is 0.180 e. The number of hydrogen-bond acceptors (Lipinski definition) is 7. The van der Waals surface area contributed by atoms with Gasteiger partial charge >= 0.3 is 0 Å². The Labute approximate surface area is 190 Å². The smallest absolute Gasteiger partial charge is 0.180 e. The van der Waals surface area contributed by atoms with Crippen molar-refractivity contribution in [3.8, 4) is 11.3 Å². The third-order valence-electron chi connectivity index (χ3n) is 6.15. The minimum absolute atomic E-state index is 0.677. The molecule has 0 unspecified atom stereocenters. The summed E-state index contributed by atoms with van der Waals surface area (Å²) >= 11 is 0. The van der Waals surface area contributed by atoms with Gasteiger partial charge in [-0.3, -0.25) is 4.68 Å². The van der Waals surface area contributed by atoms with Crippen molar-refractivity contribution in [2.45, 2.75) is 6.92 Å². The van der Waals surface area contributed by atoms with Gasteiger partial charge in [0.1, 0.15) is 5.82 Å². The van der Waals surface area contributed by atoms with Gasteiger partial charge in [-0.05, 0) is 25.1 Å². The summed E-state index contributed by atoms with van der Waals surface area (Å²) < 4.78 is 9.32. The minimum Gasteiger partial charge on any atom is -0.378 e. The second-order valence-corrected chi connectivity index (χ2v) is 8.20. The average molecular weight is 441 g/mol. The topological polar surface area (TPSA) is 85.4 Å². The molecule has 5 aromatic rings. The first-order chi connectivity index (χ1) is 16.2. The number of imidazole rings is 1. The summed E-state index contributed by atoms with van der Waals surface area (Å²) in [5.41, 5.74) is 5.55. The molecule has 5 heterocycles. The van der Waals surface area contributed by atoms with Crippen LogP contribution in [0.4, 0.5) is 17.3 Å². The highest BCUT2D eigenvalue weighted by atomic mass is 16.5. The second-order valence-electron chi connectivity index (χ2n) is 8.20. The van der Waals surface area contributed by atoms with Crippen LogP contribution >= 0.6 is 0 Å². The summed E-state index contributed by atoms with van der Waals surface area (Å²) in [4.78, 5) is 16.3. The number of hydrogen-bond donors (Lipinski definition) is 1. The van der Waals surface area contributed by atoms with Gasteiger partial charge in [-0.2, -0.15) is 5.10 Å². The molecule has 166 valence electrons. The van der Waals surface area contributed by atoms with E-state index in [4.69, 9.17) is 9.72 Å². The van der Waals surface area contributed by atoms with E-state index < -0.39 is 0 Å². The monoisotopic (exact) mass is 440 g/mol. The normalized spacial score (nSPS) is 14.3. The van der Waals surface area contributed by atoms with E-state index in [9.17, 15) is 0 Å². The number of nitrogens with one attached hydrogen (secondary N) is 1. The summed E-state index contributed by atoms with van der Waals surface area (Å²) in [5, 5.41) is 9.17. The number of ether oxygens (including phenoxy) is 1. The number of anilines is 3. The van der Waals surface area contributed by atoms with Crippen molar-refractivity contribution in [3.63, 3.8) is 0 Å². The molecule has 0 aliphatic carbocycles. The Kier molecular flexibility index (Phi) is 4.69. The fourth-order valence-electron chi connectivity index (χ4n) is 4.22. The van der Waals surface area contributed by atoms with E-state index in [2.05, 4.69) is 50.4 Å². The summed E-state index contributed by atoms with van der Waals surface area (Å²) in [6.45, 7) is 5.27. The zero-order valence-electron chi connectivity index (χ0n) is 18.6. The van der Waals surface area contributed by atoms with Crippen molar-refractivity contribution >= 4 is 33.9 Å². The summed E-state index contributed by atoms with van der Waals surface area (Å²) in [6, 6.07) is 10.3. The van der Waals surface area contributed by atoms with E-state index in [0.717, 1.165) is 71.3 Å². The molecule has 0 saturated carbocycles. The lowest BCUT2D eigenvalue weighted by Gasteiger charge is -2.27. The highest BCUT2D eigenvalue weighted by Crippen LogP contribution is 2.28. The van der Waals surface area contributed by atoms with E-state index in [1.54, 1.807) is 6.20 Å². The zero-order valence-corrected chi connectivity index (χ0v) is 18.6. The van der Waals surface area contributed by atoms with Crippen LogP contribution in [0.2, 0.25) is 0 Å². The van der Waals surface area contributed by atoms with Crippen molar-refractivity contribution in [1.82, 2.24) is 29.1 Å². The Morgan fingerprint density at radius 1 is 1.06 bits per heavy atom. The molecule has 1 saturated heterocycles. The molecule has 6 rings (SSSR count). The van der Waals surface area contributed by atoms with Gasteiger partial charge < -0.3 is 19.4 Å². The van der Waals surface area contributed by atoms with Crippen molar-refractivity contribution in [2.75, 3.05) is 36.5 Å². The maximum atomic E-state index is 5.43. The molecule has 4 aromatic heterocycles. The van der Waals surface area contributed by atoms with Crippen molar-refractivity contribution in [2.24, 2.45) is 7.05 Å². The first-order valence-electron chi connectivity index (χ1n) is 11.0. The average Bonchev–Trinajstić information content (AvgIpc) is 3.44. The van der Waals surface area contributed by atoms with E-state index >= 15 is 0 Å². The van der Waals surface area contributed by atoms with E-state index in [0.29, 0.717) is 5.82 Å². The molecule has 0 atom stereocenters. The highest BCUT2D eigenvalue weighted by Gasteiger charge is 2.14. The van der Waals surface area contributed by atoms with Gasteiger partial charge in [0.25, 0.3) is 0 Å². The summed E-state index contributed by atoms with van der Waals surface area (Å²) in [7, 11) is 1.96. The van der Waals surface area contributed by atoms with Crippen LogP contribution in [0.25, 0.3) is 27.8 Å².